The first-order valence-corrected chi connectivity index (χ1v) is 8.97. The van der Waals surface area contributed by atoms with Crippen LogP contribution in [0, 0.1) is 12.8 Å². The molecule has 27 heavy (non-hydrogen) atoms. The van der Waals surface area contributed by atoms with Crippen molar-refractivity contribution in [3.05, 3.63) is 64.8 Å². The van der Waals surface area contributed by atoms with Gasteiger partial charge in [-0.2, -0.15) is 5.10 Å². The molecule has 2 unspecified atom stereocenters. The lowest BCUT2D eigenvalue weighted by molar-refractivity contribution is -0.117. The van der Waals surface area contributed by atoms with E-state index in [9.17, 15) is 9.59 Å². The molecule has 1 aliphatic carbocycles. The van der Waals surface area contributed by atoms with Gasteiger partial charge >= 0.3 is 0 Å². The maximum absolute atomic E-state index is 12.7. The minimum absolute atomic E-state index is 0.00753. The standard InChI is InChI=1S/C21H18N4O2/c1-11-4-2-3-5-14(11)15-8-16(15)20(26)24-13-6-17-19-12(9-22-18(19)7-13)10-23-25-21(17)27/h2-7,9-10,15-16,22H,8H2,1H3,(H,24,26)(H,25,27). The summed E-state index contributed by atoms with van der Waals surface area (Å²) >= 11 is 0. The van der Waals surface area contributed by atoms with Crippen molar-refractivity contribution in [3.63, 3.8) is 0 Å². The van der Waals surface area contributed by atoms with Gasteiger partial charge in [0, 0.05) is 34.3 Å². The number of anilines is 1. The zero-order valence-electron chi connectivity index (χ0n) is 14.7. The summed E-state index contributed by atoms with van der Waals surface area (Å²) in [5.74, 6) is -0.0515. The predicted molar refractivity (Wildman–Crippen MR) is 104 cm³/mol. The van der Waals surface area contributed by atoms with Gasteiger partial charge in [-0.05, 0) is 42.5 Å². The van der Waals surface area contributed by atoms with E-state index in [0.717, 1.165) is 22.9 Å². The zero-order chi connectivity index (χ0) is 18.5. The number of aromatic amines is 1. The maximum Gasteiger partial charge on any atom is 0.272 e. The number of carbonyl (C=O) groups is 2. The Kier molecular flexibility index (Phi) is 3.40. The third kappa shape index (κ3) is 2.61. The lowest BCUT2D eigenvalue weighted by atomic mass is 10.0. The van der Waals surface area contributed by atoms with E-state index in [2.05, 4.69) is 39.9 Å². The first-order chi connectivity index (χ1) is 13.1. The number of hydrogen-bond acceptors (Lipinski definition) is 3. The monoisotopic (exact) mass is 358 g/mol. The molecule has 1 saturated carbocycles. The molecule has 2 amide bonds. The van der Waals surface area contributed by atoms with Gasteiger partial charge in [-0.25, -0.2) is 5.43 Å². The molecule has 0 spiro atoms. The van der Waals surface area contributed by atoms with Gasteiger partial charge in [-0.15, -0.1) is 0 Å². The second kappa shape index (κ2) is 5.81. The van der Waals surface area contributed by atoms with Gasteiger partial charge in [-0.1, -0.05) is 24.3 Å². The second-order valence-corrected chi connectivity index (χ2v) is 7.18. The van der Waals surface area contributed by atoms with Gasteiger partial charge in [0.25, 0.3) is 5.91 Å². The fourth-order valence-electron chi connectivity index (χ4n) is 3.93. The largest absolute Gasteiger partial charge is 0.360 e. The van der Waals surface area contributed by atoms with Crippen LogP contribution in [0.5, 0.6) is 0 Å². The molecule has 6 nitrogen and oxygen atoms in total. The minimum atomic E-state index is -0.282. The lowest BCUT2D eigenvalue weighted by Crippen LogP contribution is -2.18. The number of nitrogens with zero attached hydrogens (tertiary/aromatic N) is 1. The number of nitrogens with one attached hydrogen (secondary N) is 3. The molecule has 0 bridgehead atoms. The second-order valence-electron chi connectivity index (χ2n) is 7.18. The Morgan fingerprint density at radius 3 is 2.96 bits per heavy atom. The van der Waals surface area contributed by atoms with Crippen molar-refractivity contribution in [2.45, 2.75) is 19.3 Å². The zero-order valence-corrected chi connectivity index (χ0v) is 14.7. The number of aryl methyl sites for hydroxylation is 1. The van der Waals surface area contributed by atoms with Crippen molar-refractivity contribution >= 4 is 34.6 Å². The number of rotatable bonds is 3. The highest BCUT2D eigenvalue weighted by Crippen LogP contribution is 2.49. The van der Waals surface area contributed by atoms with Crippen LogP contribution >= 0.6 is 0 Å². The molecule has 134 valence electrons. The van der Waals surface area contributed by atoms with Crippen molar-refractivity contribution < 1.29 is 9.59 Å². The van der Waals surface area contributed by atoms with Gasteiger partial charge in [0.1, 0.15) is 0 Å². The topological polar surface area (TPSA) is 86.3 Å². The molecule has 0 radical (unpaired) electrons. The molecular weight excluding hydrogens is 340 g/mol. The van der Waals surface area contributed by atoms with Crippen molar-refractivity contribution in [2.75, 3.05) is 5.32 Å². The number of hydrazone groups is 1. The Hall–Kier alpha value is -3.41. The SMILES string of the molecule is Cc1ccccc1C1CC1C(=O)Nc1cc2c3c(c[nH]c3c1)C=NNC2=O. The Morgan fingerprint density at radius 1 is 1.26 bits per heavy atom. The number of aromatic nitrogens is 1. The van der Waals surface area contributed by atoms with E-state index in [-0.39, 0.29) is 23.7 Å². The van der Waals surface area contributed by atoms with E-state index >= 15 is 0 Å². The van der Waals surface area contributed by atoms with Gasteiger partial charge in [-0.3, -0.25) is 9.59 Å². The van der Waals surface area contributed by atoms with Crippen LogP contribution in [0.1, 0.15) is 39.4 Å². The minimum Gasteiger partial charge on any atom is -0.360 e. The Bertz CT molecular complexity index is 1130. The van der Waals surface area contributed by atoms with Crippen molar-refractivity contribution in [1.29, 1.82) is 0 Å². The van der Waals surface area contributed by atoms with Crippen LogP contribution in [0.3, 0.4) is 0 Å². The molecule has 0 saturated heterocycles. The average Bonchev–Trinajstić information content (AvgIpc) is 3.38. The molecule has 1 fully saturated rings. The molecule has 2 aromatic carbocycles. The molecule has 1 aromatic heterocycles. The summed E-state index contributed by atoms with van der Waals surface area (Å²) in [4.78, 5) is 28.2. The van der Waals surface area contributed by atoms with Crippen LogP contribution in [-0.4, -0.2) is 23.0 Å². The molecule has 3 aromatic rings. The summed E-state index contributed by atoms with van der Waals surface area (Å²) in [6.45, 7) is 2.08. The number of amides is 2. The van der Waals surface area contributed by atoms with Crippen LogP contribution < -0.4 is 10.7 Å². The van der Waals surface area contributed by atoms with Crippen LogP contribution in [0.4, 0.5) is 5.69 Å². The predicted octanol–water partition coefficient (Wildman–Crippen LogP) is 3.30. The van der Waals surface area contributed by atoms with Crippen molar-refractivity contribution in [3.8, 4) is 0 Å². The number of H-pyrrole nitrogens is 1. The van der Waals surface area contributed by atoms with Crippen molar-refractivity contribution in [1.82, 2.24) is 10.4 Å². The summed E-state index contributed by atoms with van der Waals surface area (Å²) in [6.07, 6.45) is 4.27. The fourth-order valence-corrected chi connectivity index (χ4v) is 3.93. The summed E-state index contributed by atoms with van der Waals surface area (Å²) in [5, 5.41) is 7.71. The Labute approximate surface area is 155 Å². The van der Waals surface area contributed by atoms with E-state index in [0.29, 0.717) is 11.3 Å². The van der Waals surface area contributed by atoms with E-state index < -0.39 is 0 Å². The lowest BCUT2D eigenvalue weighted by Gasteiger charge is -2.09. The first-order valence-electron chi connectivity index (χ1n) is 8.97. The van der Waals surface area contributed by atoms with Crippen molar-refractivity contribution in [2.24, 2.45) is 11.0 Å². The molecule has 6 heteroatoms. The van der Waals surface area contributed by atoms with Gasteiger partial charge in [0.15, 0.2) is 0 Å². The highest BCUT2D eigenvalue weighted by Gasteiger charge is 2.44. The third-order valence-corrected chi connectivity index (χ3v) is 5.41. The summed E-state index contributed by atoms with van der Waals surface area (Å²) in [5.41, 5.74) is 7.71. The summed E-state index contributed by atoms with van der Waals surface area (Å²) < 4.78 is 0. The van der Waals surface area contributed by atoms with Crippen LogP contribution in [0.15, 0.2) is 47.7 Å². The normalized spacial score (nSPS) is 20.3. The highest BCUT2D eigenvalue weighted by atomic mass is 16.2. The highest BCUT2D eigenvalue weighted by molar-refractivity contribution is 6.15. The van der Waals surface area contributed by atoms with E-state index in [1.165, 1.54) is 11.1 Å². The molecule has 2 aliphatic rings. The smallest absolute Gasteiger partial charge is 0.272 e. The number of carbonyl (C=O) groups excluding carboxylic acids is 2. The van der Waals surface area contributed by atoms with Crippen LogP contribution in [0.25, 0.3) is 10.9 Å². The number of hydrogen-bond donors (Lipinski definition) is 3. The molecule has 1 aliphatic heterocycles. The number of benzene rings is 2. The molecule has 2 heterocycles. The van der Waals surface area contributed by atoms with Gasteiger partial charge in [0.2, 0.25) is 5.91 Å². The molecule has 3 N–H and O–H groups in total. The van der Waals surface area contributed by atoms with Gasteiger partial charge < -0.3 is 10.3 Å². The van der Waals surface area contributed by atoms with Gasteiger partial charge in [0.05, 0.1) is 11.8 Å². The molecule has 5 rings (SSSR count). The fraction of sp³-hybridized carbons (Fsp3) is 0.190. The molecular formula is C21H18N4O2. The summed E-state index contributed by atoms with van der Waals surface area (Å²) in [6, 6.07) is 11.8. The Balaban J connectivity index is 1.41. The average molecular weight is 358 g/mol. The van der Waals surface area contributed by atoms with E-state index in [1.54, 1.807) is 18.5 Å². The first kappa shape index (κ1) is 15.8. The summed E-state index contributed by atoms with van der Waals surface area (Å²) in [7, 11) is 0. The van der Waals surface area contributed by atoms with Crippen LogP contribution in [-0.2, 0) is 4.79 Å². The quantitative estimate of drug-likeness (QED) is 0.671. The maximum atomic E-state index is 12.7. The Morgan fingerprint density at radius 2 is 2.11 bits per heavy atom. The molecule has 2 atom stereocenters. The van der Waals surface area contributed by atoms with E-state index in [4.69, 9.17) is 0 Å². The van der Waals surface area contributed by atoms with Crippen LogP contribution in [0.2, 0.25) is 0 Å². The van der Waals surface area contributed by atoms with E-state index in [1.807, 2.05) is 18.2 Å². The third-order valence-electron chi connectivity index (χ3n) is 5.41.